The van der Waals surface area contributed by atoms with Gasteiger partial charge in [0.2, 0.25) is 0 Å². The van der Waals surface area contributed by atoms with E-state index in [2.05, 4.69) is 34.6 Å². The third-order valence-corrected chi connectivity index (χ3v) is 3.36. The van der Waals surface area contributed by atoms with E-state index >= 15 is 0 Å². The molecule has 20 heavy (non-hydrogen) atoms. The largest absolute Gasteiger partial charge is 0.399 e. The first kappa shape index (κ1) is 12.5. The standard InChI is InChI=1S/C17H17N3/c18-15-7-5-13(6-8-15)9-11-19-17-16-4-2-1-3-14(16)10-12-20-17/h1-8,10,12H,9,11,18H2,(H,19,20). The molecule has 3 heteroatoms. The van der Waals surface area contributed by atoms with E-state index < -0.39 is 0 Å². The summed E-state index contributed by atoms with van der Waals surface area (Å²) in [6, 6.07) is 18.3. The lowest BCUT2D eigenvalue weighted by Gasteiger charge is -2.08. The highest BCUT2D eigenvalue weighted by atomic mass is 15.0. The summed E-state index contributed by atoms with van der Waals surface area (Å²) in [4.78, 5) is 4.42. The summed E-state index contributed by atoms with van der Waals surface area (Å²) in [5.74, 6) is 0.943. The predicted octanol–water partition coefficient (Wildman–Crippen LogP) is 3.47. The molecule has 0 saturated heterocycles. The molecule has 0 radical (unpaired) electrons. The van der Waals surface area contributed by atoms with Crippen LogP contribution in [0.1, 0.15) is 5.56 Å². The number of nitrogens with two attached hydrogens (primary N) is 1. The fourth-order valence-electron chi connectivity index (χ4n) is 2.27. The van der Waals surface area contributed by atoms with Gasteiger partial charge in [0.25, 0.3) is 0 Å². The van der Waals surface area contributed by atoms with Crippen LogP contribution in [-0.4, -0.2) is 11.5 Å². The highest BCUT2D eigenvalue weighted by Gasteiger charge is 2.01. The Bertz CT molecular complexity index is 700. The molecule has 100 valence electrons. The molecular formula is C17H17N3. The van der Waals surface area contributed by atoms with E-state index in [9.17, 15) is 0 Å². The van der Waals surface area contributed by atoms with Crippen LogP contribution in [-0.2, 0) is 6.42 Å². The monoisotopic (exact) mass is 263 g/mol. The summed E-state index contributed by atoms with van der Waals surface area (Å²) >= 11 is 0. The number of pyridine rings is 1. The maximum absolute atomic E-state index is 5.68. The summed E-state index contributed by atoms with van der Waals surface area (Å²) in [5, 5.41) is 5.77. The third-order valence-electron chi connectivity index (χ3n) is 3.36. The van der Waals surface area contributed by atoms with Gasteiger partial charge in [0.15, 0.2) is 0 Å². The molecule has 0 bridgehead atoms. The maximum atomic E-state index is 5.68. The van der Waals surface area contributed by atoms with Crippen molar-refractivity contribution >= 4 is 22.3 Å². The molecule has 3 rings (SSSR count). The molecule has 0 unspecified atom stereocenters. The molecule has 0 saturated carbocycles. The normalized spacial score (nSPS) is 10.6. The first-order chi connectivity index (χ1) is 9.83. The van der Waals surface area contributed by atoms with Gasteiger partial charge in [-0.3, -0.25) is 0 Å². The van der Waals surface area contributed by atoms with Crippen LogP contribution in [0.15, 0.2) is 60.8 Å². The SMILES string of the molecule is Nc1ccc(CCNc2nccc3ccccc23)cc1. The molecule has 3 aromatic rings. The number of benzene rings is 2. The zero-order valence-electron chi connectivity index (χ0n) is 11.2. The van der Waals surface area contributed by atoms with Crippen LogP contribution in [0.4, 0.5) is 11.5 Å². The Morgan fingerprint density at radius 2 is 1.75 bits per heavy atom. The van der Waals surface area contributed by atoms with Gasteiger partial charge >= 0.3 is 0 Å². The first-order valence-electron chi connectivity index (χ1n) is 6.75. The number of nitrogens with zero attached hydrogens (tertiary/aromatic N) is 1. The van der Waals surface area contributed by atoms with Crippen molar-refractivity contribution in [1.82, 2.24) is 4.98 Å². The first-order valence-corrected chi connectivity index (χ1v) is 6.75. The Morgan fingerprint density at radius 3 is 2.60 bits per heavy atom. The fourth-order valence-corrected chi connectivity index (χ4v) is 2.27. The van der Waals surface area contributed by atoms with Crippen molar-refractivity contribution in [2.75, 3.05) is 17.6 Å². The van der Waals surface area contributed by atoms with Gasteiger partial charge in [0.1, 0.15) is 5.82 Å². The predicted molar refractivity (Wildman–Crippen MR) is 84.8 cm³/mol. The van der Waals surface area contributed by atoms with Gasteiger partial charge in [-0.2, -0.15) is 0 Å². The van der Waals surface area contributed by atoms with Crippen molar-refractivity contribution in [1.29, 1.82) is 0 Å². The highest BCUT2D eigenvalue weighted by molar-refractivity contribution is 5.91. The lowest BCUT2D eigenvalue weighted by molar-refractivity contribution is 1.01. The van der Waals surface area contributed by atoms with E-state index in [1.54, 1.807) is 0 Å². The van der Waals surface area contributed by atoms with Gasteiger partial charge < -0.3 is 11.1 Å². The minimum Gasteiger partial charge on any atom is -0.399 e. The number of fused-ring (bicyclic) bond motifs is 1. The number of rotatable bonds is 4. The van der Waals surface area contributed by atoms with Crippen LogP contribution < -0.4 is 11.1 Å². The van der Waals surface area contributed by atoms with Crippen LogP contribution in [0.3, 0.4) is 0 Å². The summed E-state index contributed by atoms with van der Waals surface area (Å²) in [6.45, 7) is 0.852. The third kappa shape index (κ3) is 2.72. The smallest absolute Gasteiger partial charge is 0.133 e. The van der Waals surface area contributed by atoms with Crippen molar-refractivity contribution in [3.8, 4) is 0 Å². The molecule has 1 aromatic heterocycles. The van der Waals surface area contributed by atoms with Crippen molar-refractivity contribution in [2.24, 2.45) is 0 Å². The van der Waals surface area contributed by atoms with Crippen molar-refractivity contribution < 1.29 is 0 Å². The fraction of sp³-hybridized carbons (Fsp3) is 0.118. The average Bonchev–Trinajstić information content (AvgIpc) is 2.49. The van der Waals surface area contributed by atoms with E-state index in [1.165, 1.54) is 10.9 Å². The van der Waals surface area contributed by atoms with E-state index in [-0.39, 0.29) is 0 Å². The van der Waals surface area contributed by atoms with Gasteiger partial charge in [-0.25, -0.2) is 4.98 Å². The number of hydrogen-bond donors (Lipinski definition) is 2. The van der Waals surface area contributed by atoms with E-state index in [1.807, 2.05) is 36.5 Å². The quantitative estimate of drug-likeness (QED) is 0.709. The molecule has 0 atom stereocenters. The topological polar surface area (TPSA) is 50.9 Å². The van der Waals surface area contributed by atoms with Gasteiger partial charge in [0, 0.05) is 23.8 Å². The molecule has 3 nitrogen and oxygen atoms in total. The molecule has 0 aliphatic carbocycles. The summed E-state index contributed by atoms with van der Waals surface area (Å²) in [5.41, 5.74) is 7.76. The highest BCUT2D eigenvalue weighted by Crippen LogP contribution is 2.20. The molecule has 0 aliphatic rings. The Balaban J connectivity index is 1.69. The van der Waals surface area contributed by atoms with E-state index in [0.717, 1.165) is 29.9 Å². The number of nitrogens with one attached hydrogen (secondary N) is 1. The number of aromatic nitrogens is 1. The van der Waals surface area contributed by atoms with Gasteiger partial charge in [-0.15, -0.1) is 0 Å². The van der Waals surface area contributed by atoms with Crippen LogP contribution >= 0.6 is 0 Å². The Hall–Kier alpha value is -2.55. The molecule has 0 fully saturated rings. The minimum absolute atomic E-state index is 0.803. The zero-order chi connectivity index (χ0) is 13.8. The minimum atomic E-state index is 0.803. The van der Waals surface area contributed by atoms with Crippen LogP contribution in [0, 0.1) is 0 Å². The van der Waals surface area contributed by atoms with Gasteiger partial charge in [-0.05, 0) is 35.6 Å². The molecule has 0 amide bonds. The number of anilines is 2. The molecule has 2 aromatic carbocycles. The van der Waals surface area contributed by atoms with Crippen LogP contribution in [0.25, 0.3) is 10.8 Å². The lowest BCUT2D eigenvalue weighted by atomic mass is 10.1. The molecule has 3 N–H and O–H groups in total. The second-order valence-corrected chi connectivity index (χ2v) is 4.80. The number of hydrogen-bond acceptors (Lipinski definition) is 3. The zero-order valence-corrected chi connectivity index (χ0v) is 11.2. The van der Waals surface area contributed by atoms with Crippen molar-refractivity contribution in [2.45, 2.75) is 6.42 Å². The average molecular weight is 263 g/mol. The second-order valence-electron chi connectivity index (χ2n) is 4.80. The van der Waals surface area contributed by atoms with Gasteiger partial charge in [-0.1, -0.05) is 36.4 Å². The lowest BCUT2D eigenvalue weighted by Crippen LogP contribution is -2.06. The molecule has 1 heterocycles. The van der Waals surface area contributed by atoms with Crippen molar-refractivity contribution in [3.05, 3.63) is 66.4 Å². The molecular weight excluding hydrogens is 246 g/mol. The number of nitrogen functional groups attached to an aromatic ring is 1. The summed E-state index contributed by atoms with van der Waals surface area (Å²) in [6.07, 6.45) is 2.79. The summed E-state index contributed by atoms with van der Waals surface area (Å²) < 4.78 is 0. The van der Waals surface area contributed by atoms with Gasteiger partial charge in [0.05, 0.1) is 0 Å². The van der Waals surface area contributed by atoms with E-state index in [4.69, 9.17) is 5.73 Å². The van der Waals surface area contributed by atoms with Crippen molar-refractivity contribution in [3.63, 3.8) is 0 Å². The maximum Gasteiger partial charge on any atom is 0.133 e. The molecule has 0 aliphatic heterocycles. The van der Waals surface area contributed by atoms with E-state index in [0.29, 0.717) is 0 Å². The molecule has 0 spiro atoms. The summed E-state index contributed by atoms with van der Waals surface area (Å²) in [7, 11) is 0. The van der Waals surface area contributed by atoms with Crippen LogP contribution in [0.5, 0.6) is 0 Å². The Kier molecular flexibility index (Phi) is 3.50. The van der Waals surface area contributed by atoms with Crippen LogP contribution in [0.2, 0.25) is 0 Å². The second kappa shape index (κ2) is 5.61. The Labute approximate surface area is 118 Å². The Morgan fingerprint density at radius 1 is 0.950 bits per heavy atom.